The minimum atomic E-state index is 0.0191. The first-order valence-corrected chi connectivity index (χ1v) is 9.50. The van der Waals surface area contributed by atoms with Gasteiger partial charge in [0.2, 0.25) is 11.8 Å². The van der Waals surface area contributed by atoms with Gasteiger partial charge in [0.25, 0.3) is 0 Å². The van der Waals surface area contributed by atoms with Gasteiger partial charge in [-0.05, 0) is 19.4 Å². The third kappa shape index (κ3) is 9.18. The second-order valence-corrected chi connectivity index (χ2v) is 7.67. The minimum absolute atomic E-state index is 0.0191. The normalized spacial score (nSPS) is 17.8. The quantitative estimate of drug-likeness (QED) is 0.455. The van der Waals surface area contributed by atoms with E-state index in [-0.39, 0.29) is 17.9 Å². The molecule has 1 atom stereocenters. The lowest BCUT2D eigenvalue weighted by Crippen LogP contribution is -2.57. The lowest BCUT2D eigenvalue weighted by atomic mass is 10.00. The van der Waals surface area contributed by atoms with E-state index in [0.717, 1.165) is 32.6 Å². The van der Waals surface area contributed by atoms with Crippen molar-refractivity contribution < 1.29 is 9.59 Å². The Balaban J connectivity index is 2.07. The van der Waals surface area contributed by atoms with E-state index in [1.54, 1.807) is 0 Å². The Kier molecular flexibility index (Phi) is 10.0. The number of rotatable bonds is 12. The average molecular weight is 356 g/mol. The monoisotopic (exact) mass is 355 g/mol. The van der Waals surface area contributed by atoms with Gasteiger partial charge in [0, 0.05) is 45.3 Å². The molecule has 0 saturated carbocycles. The zero-order valence-electron chi connectivity index (χ0n) is 16.6. The van der Waals surface area contributed by atoms with Crippen LogP contribution in [0.3, 0.4) is 0 Å². The van der Waals surface area contributed by atoms with E-state index >= 15 is 0 Å². The molecule has 7 heteroatoms. The summed E-state index contributed by atoms with van der Waals surface area (Å²) in [7, 11) is 2.00. The predicted molar refractivity (Wildman–Crippen MR) is 101 cm³/mol. The van der Waals surface area contributed by atoms with Crippen LogP contribution in [0.1, 0.15) is 34.1 Å². The predicted octanol–water partition coefficient (Wildman–Crippen LogP) is -0.121. The highest BCUT2D eigenvalue weighted by atomic mass is 16.2. The summed E-state index contributed by atoms with van der Waals surface area (Å²) in [6.45, 7) is 13.6. The number of likely N-dealkylation sites (tertiary alicyclic amines) is 1. The van der Waals surface area contributed by atoms with E-state index < -0.39 is 0 Å². The van der Waals surface area contributed by atoms with Gasteiger partial charge in [0.05, 0.1) is 12.6 Å². The molecule has 2 amide bonds. The van der Waals surface area contributed by atoms with Crippen molar-refractivity contribution in [2.45, 2.75) is 46.2 Å². The molecule has 0 aromatic rings. The van der Waals surface area contributed by atoms with Gasteiger partial charge in [-0.25, -0.2) is 0 Å². The second kappa shape index (κ2) is 11.4. The van der Waals surface area contributed by atoms with E-state index in [9.17, 15) is 9.59 Å². The van der Waals surface area contributed by atoms with Gasteiger partial charge in [-0.2, -0.15) is 0 Å². The summed E-state index contributed by atoms with van der Waals surface area (Å²) in [6, 6.07) is 0.365. The van der Waals surface area contributed by atoms with Crippen LogP contribution >= 0.6 is 0 Å². The van der Waals surface area contributed by atoms with Gasteiger partial charge >= 0.3 is 0 Å². The molecule has 0 bridgehead atoms. The van der Waals surface area contributed by atoms with E-state index in [1.165, 1.54) is 0 Å². The summed E-state index contributed by atoms with van der Waals surface area (Å²) in [4.78, 5) is 28.2. The summed E-state index contributed by atoms with van der Waals surface area (Å²) >= 11 is 0. The molecule has 0 aromatic heterocycles. The highest BCUT2D eigenvalue weighted by molar-refractivity contribution is 5.82. The Morgan fingerprint density at radius 2 is 1.76 bits per heavy atom. The fraction of sp³-hybridized carbons (Fsp3) is 0.889. The van der Waals surface area contributed by atoms with Gasteiger partial charge in [-0.3, -0.25) is 14.5 Å². The number of carbonyl (C=O) groups excluding carboxylic acids is 2. The summed E-state index contributed by atoms with van der Waals surface area (Å²) in [5.74, 6) is 0.756. The zero-order valence-corrected chi connectivity index (χ0v) is 16.6. The maximum atomic E-state index is 12.2. The first-order chi connectivity index (χ1) is 11.8. The molecule has 3 N–H and O–H groups in total. The van der Waals surface area contributed by atoms with Gasteiger partial charge in [0.1, 0.15) is 0 Å². The number of hydrogen-bond donors (Lipinski definition) is 3. The summed E-state index contributed by atoms with van der Waals surface area (Å²) in [5, 5.41) is 9.01. The fourth-order valence-corrected chi connectivity index (χ4v) is 2.77. The molecule has 1 saturated heterocycles. The van der Waals surface area contributed by atoms with Crippen LogP contribution in [0, 0.1) is 5.92 Å². The molecule has 1 aliphatic heterocycles. The van der Waals surface area contributed by atoms with E-state index in [1.807, 2.05) is 20.9 Å². The highest BCUT2D eigenvalue weighted by Gasteiger charge is 2.33. The zero-order chi connectivity index (χ0) is 18.8. The van der Waals surface area contributed by atoms with Gasteiger partial charge in [0.15, 0.2) is 0 Å². The van der Waals surface area contributed by atoms with Crippen molar-refractivity contribution in [2.75, 3.05) is 52.9 Å². The fourth-order valence-electron chi connectivity index (χ4n) is 2.77. The molecular weight excluding hydrogens is 318 g/mol. The van der Waals surface area contributed by atoms with E-state index in [2.05, 4.69) is 39.6 Å². The van der Waals surface area contributed by atoms with Crippen molar-refractivity contribution in [2.24, 2.45) is 5.92 Å². The Labute approximate surface area is 152 Å². The molecule has 1 unspecified atom stereocenters. The standard InChI is InChI=1S/C18H37N5O2/c1-14(2)13-23-9-6-16(23)18(25)20-8-11-22(5)10-7-19-17(24)12-21-15(3)4/h14-16,21H,6-13H2,1-5H3,(H,19,24)(H,20,25). The van der Waals surface area contributed by atoms with Gasteiger partial charge < -0.3 is 20.9 Å². The first kappa shape index (κ1) is 21.9. The number of likely N-dealkylation sites (N-methyl/N-ethyl adjacent to an activating group) is 1. The highest BCUT2D eigenvalue weighted by Crippen LogP contribution is 2.18. The van der Waals surface area contributed by atoms with Crippen LogP contribution in [0.25, 0.3) is 0 Å². The van der Waals surface area contributed by atoms with Crippen LogP contribution < -0.4 is 16.0 Å². The molecule has 0 radical (unpaired) electrons. The van der Waals surface area contributed by atoms with E-state index in [4.69, 9.17) is 0 Å². The Hall–Kier alpha value is -1.18. The van der Waals surface area contributed by atoms with Gasteiger partial charge in [-0.1, -0.05) is 27.7 Å². The summed E-state index contributed by atoms with van der Waals surface area (Å²) < 4.78 is 0. The number of hydrogen-bond acceptors (Lipinski definition) is 5. The van der Waals surface area contributed by atoms with Crippen molar-refractivity contribution in [1.29, 1.82) is 0 Å². The van der Waals surface area contributed by atoms with E-state index in [0.29, 0.717) is 31.6 Å². The van der Waals surface area contributed by atoms with Crippen LogP contribution in [0.4, 0.5) is 0 Å². The molecule has 1 rings (SSSR count). The second-order valence-electron chi connectivity index (χ2n) is 7.67. The molecule has 0 aromatic carbocycles. The number of nitrogens with zero attached hydrogens (tertiary/aromatic N) is 2. The van der Waals surface area contributed by atoms with Gasteiger partial charge in [-0.15, -0.1) is 0 Å². The van der Waals surface area contributed by atoms with Crippen LogP contribution in [0.5, 0.6) is 0 Å². The maximum absolute atomic E-state index is 12.2. The van der Waals surface area contributed by atoms with Crippen molar-refractivity contribution in [3.8, 4) is 0 Å². The lowest BCUT2D eigenvalue weighted by Gasteiger charge is -2.40. The van der Waals surface area contributed by atoms with Crippen LogP contribution in [-0.2, 0) is 9.59 Å². The van der Waals surface area contributed by atoms with Crippen LogP contribution in [-0.4, -0.2) is 86.6 Å². The van der Waals surface area contributed by atoms with Crippen molar-refractivity contribution in [3.63, 3.8) is 0 Å². The largest absolute Gasteiger partial charge is 0.354 e. The van der Waals surface area contributed by atoms with Crippen molar-refractivity contribution >= 4 is 11.8 Å². The summed E-state index contributed by atoms with van der Waals surface area (Å²) in [5.41, 5.74) is 0. The lowest BCUT2D eigenvalue weighted by molar-refractivity contribution is -0.131. The topological polar surface area (TPSA) is 76.7 Å². The Bertz CT molecular complexity index is 414. The number of carbonyl (C=O) groups is 2. The van der Waals surface area contributed by atoms with Crippen molar-refractivity contribution in [1.82, 2.24) is 25.8 Å². The molecule has 1 aliphatic rings. The van der Waals surface area contributed by atoms with Crippen LogP contribution in [0.15, 0.2) is 0 Å². The number of nitrogens with one attached hydrogen (secondary N) is 3. The molecule has 0 spiro atoms. The average Bonchev–Trinajstić information content (AvgIpc) is 2.49. The molecule has 1 heterocycles. The molecular formula is C18H37N5O2. The Morgan fingerprint density at radius 3 is 2.28 bits per heavy atom. The Morgan fingerprint density at radius 1 is 1.12 bits per heavy atom. The minimum Gasteiger partial charge on any atom is -0.354 e. The third-order valence-corrected chi connectivity index (χ3v) is 4.31. The molecule has 1 fully saturated rings. The summed E-state index contributed by atoms with van der Waals surface area (Å²) in [6.07, 6.45) is 0.963. The smallest absolute Gasteiger partial charge is 0.237 e. The van der Waals surface area contributed by atoms with Crippen LogP contribution in [0.2, 0.25) is 0 Å². The number of amides is 2. The molecule has 146 valence electrons. The SMILES string of the molecule is CC(C)CN1CCC1C(=O)NCCN(C)CCNC(=O)CNC(C)C. The maximum Gasteiger partial charge on any atom is 0.237 e. The third-order valence-electron chi connectivity index (χ3n) is 4.31. The van der Waals surface area contributed by atoms with Crippen molar-refractivity contribution in [3.05, 3.63) is 0 Å². The first-order valence-electron chi connectivity index (χ1n) is 9.50. The molecule has 25 heavy (non-hydrogen) atoms. The molecule has 7 nitrogen and oxygen atoms in total. The molecule has 0 aliphatic carbocycles.